The maximum Gasteiger partial charge on any atom is 0.472 e. The maximum absolute atomic E-state index is 12.9. The monoisotopic (exact) mass is 651 g/mol. The standard InChI is InChI=1S/C19H23N7O15P2/c20-18-23-14-9(15(30)24-18)21-5-26(14)17-11(29)13-7(39-17)4-37-42(32,33)40-12-6(3-36-43(34,35)41-13)38-16(10(12)28)25-2-1-8(27)22-19(25)31/h1-2,5-7,10-13,16-17,28-29H,3-4H2,(H,32,33)(H,34,35)(H,22,27,31)(H3,20,23,24,30)/t6-,7-,10-,11-,12-,13-,16-,17-/m1/s1. The highest BCUT2D eigenvalue weighted by molar-refractivity contribution is 7.47. The number of nitrogen functional groups attached to an aromatic ring is 1. The van der Waals surface area contributed by atoms with Crippen LogP contribution < -0.4 is 22.5 Å². The largest absolute Gasteiger partial charge is 0.472 e. The Morgan fingerprint density at radius 1 is 0.907 bits per heavy atom. The van der Waals surface area contributed by atoms with Crippen LogP contribution in [0.1, 0.15) is 12.5 Å². The molecule has 8 N–H and O–H groups in total. The molecule has 3 aliphatic heterocycles. The van der Waals surface area contributed by atoms with Crippen molar-refractivity contribution in [1.29, 1.82) is 0 Å². The topological polar surface area (TPSA) is 315 Å². The predicted octanol–water partition coefficient (Wildman–Crippen LogP) is -3.21. The number of hydrogen-bond acceptors (Lipinski definition) is 16. The third-order valence-electron chi connectivity index (χ3n) is 6.78. The molecule has 43 heavy (non-hydrogen) atoms. The third kappa shape index (κ3) is 5.64. The molecule has 6 rings (SSSR count). The minimum Gasteiger partial charge on any atom is -0.386 e. The lowest BCUT2D eigenvalue weighted by molar-refractivity contribution is -0.0675. The molecule has 0 amide bonds. The first-order valence-electron chi connectivity index (χ1n) is 12.3. The van der Waals surface area contributed by atoms with Crippen molar-refractivity contribution >= 4 is 32.8 Å². The number of rotatable bonds is 2. The predicted molar refractivity (Wildman–Crippen MR) is 135 cm³/mol. The molecule has 3 fully saturated rings. The van der Waals surface area contributed by atoms with Crippen molar-refractivity contribution in [2.75, 3.05) is 18.9 Å². The van der Waals surface area contributed by atoms with Gasteiger partial charge in [-0.05, 0) is 0 Å². The van der Waals surface area contributed by atoms with Crippen molar-refractivity contribution in [3.05, 3.63) is 49.8 Å². The van der Waals surface area contributed by atoms with Crippen LogP contribution in [0.2, 0.25) is 0 Å². The molecule has 22 nitrogen and oxygen atoms in total. The van der Waals surface area contributed by atoms with Crippen molar-refractivity contribution in [2.45, 2.75) is 49.1 Å². The molecule has 10 atom stereocenters. The van der Waals surface area contributed by atoms with Gasteiger partial charge in [0.2, 0.25) is 5.95 Å². The molecule has 3 aliphatic rings. The second-order valence-electron chi connectivity index (χ2n) is 9.57. The highest BCUT2D eigenvalue weighted by Crippen LogP contribution is 2.53. The molecule has 0 radical (unpaired) electrons. The Bertz CT molecular complexity index is 1820. The van der Waals surface area contributed by atoms with Gasteiger partial charge in [0.05, 0.1) is 19.5 Å². The summed E-state index contributed by atoms with van der Waals surface area (Å²) in [5.74, 6) is -0.285. The Morgan fingerprint density at radius 2 is 1.47 bits per heavy atom. The van der Waals surface area contributed by atoms with Crippen LogP contribution in [-0.2, 0) is 36.7 Å². The van der Waals surface area contributed by atoms with Gasteiger partial charge in [-0.25, -0.2) is 18.9 Å². The molecule has 2 unspecified atom stereocenters. The van der Waals surface area contributed by atoms with E-state index in [0.717, 1.165) is 27.7 Å². The zero-order chi connectivity index (χ0) is 30.8. The van der Waals surface area contributed by atoms with Gasteiger partial charge in [0.15, 0.2) is 23.6 Å². The summed E-state index contributed by atoms with van der Waals surface area (Å²) in [4.78, 5) is 68.8. The van der Waals surface area contributed by atoms with Crippen LogP contribution in [0.25, 0.3) is 11.2 Å². The Kier molecular flexibility index (Phi) is 7.52. The lowest BCUT2D eigenvalue weighted by Gasteiger charge is -2.27. The first-order valence-corrected chi connectivity index (χ1v) is 15.2. The highest BCUT2D eigenvalue weighted by atomic mass is 31.2. The summed E-state index contributed by atoms with van der Waals surface area (Å²) in [6, 6.07) is 0.947. The van der Waals surface area contributed by atoms with E-state index in [2.05, 4.69) is 15.0 Å². The van der Waals surface area contributed by atoms with Gasteiger partial charge in [-0.2, -0.15) is 4.98 Å². The Hall–Kier alpha value is -3.11. The van der Waals surface area contributed by atoms with E-state index in [9.17, 15) is 43.5 Å². The molecule has 0 bridgehead atoms. The van der Waals surface area contributed by atoms with Gasteiger partial charge in [-0.3, -0.25) is 46.8 Å². The summed E-state index contributed by atoms with van der Waals surface area (Å²) in [7, 11) is -10.2. The van der Waals surface area contributed by atoms with E-state index in [-0.39, 0.29) is 17.1 Å². The number of aromatic amines is 2. The van der Waals surface area contributed by atoms with Gasteiger partial charge in [-0.1, -0.05) is 0 Å². The number of nitrogens with one attached hydrogen (secondary N) is 2. The molecule has 3 saturated heterocycles. The Labute approximate surface area is 236 Å². The number of aliphatic hydroxyl groups is 2. The Morgan fingerprint density at radius 3 is 2.02 bits per heavy atom. The minimum atomic E-state index is -5.10. The van der Waals surface area contributed by atoms with Crippen LogP contribution in [0.15, 0.2) is 33.0 Å². The molecule has 24 heteroatoms. The number of nitrogens with two attached hydrogens (primary N) is 1. The van der Waals surface area contributed by atoms with Gasteiger partial charge in [0.1, 0.15) is 36.6 Å². The fourth-order valence-electron chi connectivity index (χ4n) is 4.89. The zero-order valence-electron chi connectivity index (χ0n) is 21.3. The van der Waals surface area contributed by atoms with E-state index in [4.69, 9.17) is 33.3 Å². The van der Waals surface area contributed by atoms with Gasteiger partial charge >= 0.3 is 21.3 Å². The number of aromatic nitrogens is 6. The van der Waals surface area contributed by atoms with Gasteiger partial charge in [0.25, 0.3) is 11.1 Å². The third-order valence-corrected chi connectivity index (χ3v) is 8.75. The van der Waals surface area contributed by atoms with Crippen LogP contribution in [-0.4, -0.2) is 98.9 Å². The second kappa shape index (κ2) is 10.8. The summed E-state index contributed by atoms with van der Waals surface area (Å²) in [5.41, 5.74) is 2.85. The molecule has 3 aromatic rings. The SMILES string of the molecule is Nc1nc2c(ncn2[C@@H]2O[C@@H]3COP(=O)(O)O[C@H]4[C@@H](O)[C@H](n5ccc(=O)[nH]c5=O)O[C@@H]4COP(=O)(O)O[C@H]3[C@H]2O)c(=O)[nH]1. The van der Waals surface area contributed by atoms with Crippen LogP contribution in [0.3, 0.4) is 0 Å². The van der Waals surface area contributed by atoms with Gasteiger partial charge in [-0.15, -0.1) is 0 Å². The molecule has 0 spiro atoms. The lowest BCUT2D eigenvalue weighted by Crippen LogP contribution is -2.40. The summed E-state index contributed by atoms with van der Waals surface area (Å²) in [6.07, 6.45) is -11.3. The number of nitrogens with zero attached hydrogens (tertiary/aromatic N) is 4. The van der Waals surface area contributed by atoms with Crippen molar-refractivity contribution in [2.24, 2.45) is 0 Å². The number of anilines is 1. The van der Waals surface area contributed by atoms with Crippen molar-refractivity contribution < 1.29 is 56.7 Å². The van der Waals surface area contributed by atoms with Crippen molar-refractivity contribution in [1.82, 2.24) is 29.1 Å². The molecule has 234 valence electrons. The maximum atomic E-state index is 12.9. The van der Waals surface area contributed by atoms with Crippen LogP contribution in [0, 0.1) is 0 Å². The minimum absolute atomic E-state index is 0.127. The Balaban J connectivity index is 1.29. The molecular weight excluding hydrogens is 628 g/mol. The number of fused-ring (bicyclic) bond motifs is 3. The average Bonchev–Trinajstić information content (AvgIpc) is 3.56. The number of phosphoric acid groups is 2. The summed E-state index contributed by atoms with van der Waals surface area (Å²) in [5, 5.41) is 21.9. The van der Waals surface area contributed by atoms with E-state index in [1.807, 2.05) is 4.98 Å². The molecular formula is C19H23N7O15P2. The van der Waals surface area contributed by atoms with Gasteiger partial charge < -0.3 is 35.2 Å². The number of ether oxygens (including phenoxy) is 2. The second-order valence-corrected chi connectivity index (χ2v) is 12.4. The van der Waals surface area contributed by atoms with E-state index in [0.29, 0.717) is 0 Å². The summed E-state index contributed by atoms with van der Waals surface area (Å²) < 4.78 is 59.3. The highest BCUT2D eigenvalue weighted by Gasteiger charge is 2.53. The van der Waals surface area contributed by atoms with Gasteiger partial charge in [0, 0.05) is 12.3 Å². The fourth-order valence-corrected chi connectivity index (χ4v) is 6.82. The lowest BCUT2D eigenvalue weighted by atomic mass is 10.1. The summed E-state index contributed by atoms with van der Waals surface area (Å²) in [6.45, 7) is -1.79. The number of phosphoric ester groups is 2. The van der Waals surface area contributed by atoms with E-state index < -0.39 is 94.7 Å². The van der Waals surface area contributed by atoms with E-state index in [1.165, 1.54) is 0 Å². The first-order chi connectivity index (χ1) is 20.2. The molecule has 3 aromatic heterocycles. The van der Waals surface area contributed by atoms with E-state index in [1.54, 1.807) is 0 Å². The molecule has 6 heterocycles. The molecule has 0 aromatic carbocycles. The quantitative estimate of drug-likeness (QED) is 0.134. The molecule has 0 saturated carbocycles. The smallest absolute Gasteiger partial charge is 0.386 e. The number of imidazole rings is 1. The van der Waals surface area contributed by atoms with E-state index >= 15 is 0 Å². The number of H-pyrrole nitrogens is 2. The van der Waals surface area contributed by atoms with Crippen LogP contribution >= 0.6 is 15.6 Å². The van der Waals surface area contributed by atoms with Crippen LogP contribution in [0.4, 0.5) is 5.95 Å². The number of aliphatic hydroxyl groups excluding tert-OH is 2. The van der Waals surface area contributed by atoms with Crippen LogP contribution in [0.5, 0.6) is 0 Å². The van der Waals surface area contributed by atoms with Crippen molar-refractivity contribution in [3.8, 4) is 0 Å². The zero-order valence-corrected chi connectivity index (χ0v) is 23.1. The fraction of sp³-hybridized carbons (Fsp3) is 0.526. The molecule has 0 aliphatic carbocycles. The van der Waals surface area contributed by atoms with Crippen molar-refractivity contribution in [3.63, 3.8) is 0 Å². The number of hydrogen-bond donors (Lipinski definition) is 7. The summed E-state index contributed by atoms with van der Waals surface area (Å²) >= 11 is 0. The first kappa shape index (κ1) is 29.9. The average molecular weight is 651 g/mol. The normalized spacial score (nSPS) is 38.7.